The molecule has 5 nitrogen and oxygen atoms in total. The Kier molecular flexibility index (Phi) is 6.60. The SMILES string of the molecule is CCN1CCN(C(CC)(CC)c2nc3ccccc3c(=O)n2-c2ccccc2Br)CC1. The van der Waals surface area contributed by atoms with Gasteiger partial charge in [0.2, 0.25) is 0 Å². The molecule has 0 amide bonds. The van der Waals surface area contributed by atoms with Crippen molar-refractivity contribution >= 4 is 26.8 Å². The van der Waals surface area contributed by atoms with Crippen molar-refractivity contribution < 1.29 is 0 Å². The van der Waals surface area contributed by atoms with Gasteiger partial charge in [-0.3, -0.25) is 14.3 Å². The Morgan fingerprint density at radius 1 is 0.935 bits per heavy atom. The molecule has 0 N–H and O–H groups in total. The van der Waals surface area contributed by atoms with E-state index in [0.717, 1.165) is 67.1 Å². The van der Waals surface area contributed by atoms with E-state index in [1.807, 2.05) is 53.1 Å². The molecule has 3 aromatic rings. The van der Waals surface area contributed by atoms with Crippen molar-refractivity contribution in [1.82, 2.24) is 19.4 Å². The van der Waals surface area contributed by atoms with E-state index in [-0.39, 0.29) is 11.1 Å². The Morgan fingerprint density at radius 2 is 1.58 bits per heavy atom. The molecule has 1 aliphatic heterocycles. The Bertz CT molecular complexity index is 1110. The Labute approximate surface area is 192 Å². The number of hydrogen-bond acceptors (Lipinski definition) is 4. The minimum Gasteiger partial charge on any atom is -0.301 e. The van der Waals surface area contributed by atoms with Crippen LogP contribution in [0.1, 0.15) is 39.4 Å². The molecular weight excluding hydrogens is 452 g/mol. The van der Waals surface area contributed by atoms with Gasteiger partial charge in [-0.25, -0.2) is 4.98 Å². The molecular formula is C25H31BrN4O. The number of rotatable bonds is 6. The third-order valence-corrected chi connectivity index (χ3v) is 7.55. The van der Waals surface area contributed by atoms with Gasteiger partial charge in [0.05, 0.1) is 22.1 Å². The fourth-order valence-electron chi connectivity index (χ4n) is 4.95. The van der Waals surface area contributed by atoms with Crippen LogP contribution in [0.15, 0.2) is 57.8 Å². The molecule has 0 spiro atoms. The zero-order chi connectivity index (χ0) is 22.0. The maximum Gasteiger partial charge on any atom is 0.266 e. The maximum absolute atomic E-state index is 13.8. The van der Waals surface area contributed by atoms with Crippen molar-refractivity contribution in [2.24, 2.45) is 0 Å². The van der Waals surface area contributed by atoms with Crippen LogP contribution in [0.3, 0.4) is 0 Å². The summed E-state index contributed by atoms with van der Waals surface area (Å²) in [6.45, 7) is 11.8. The van der Waals surface area contributed by atoms with E-state index in [2.05, 4.69) is 46.5 Å². The molecule has 1 aliphatic rings. The lowest BCUT2D eigenvalue weighted by Gasteiger charge is -2.47. The smallest absolute Gasteiger partial charge is 0.266 e. The Balaban J connectivity index is 1.99. The second-order valence-electron chi connectivity index (χ2n) is 8.20. The van der Waals surface area contributed by atoms with Gasteiger partial charge >= 0.3 is 0 Å². The summed E-state index contributed by atoms with van der Waals surface area (Å²) in [5.41, 5.74) is 1.30. The highest BCUT2D eigenvalue weighted by Crippen LogP contribution is 2.37. The predicted octanol–water partition coefficient (Wildman–Crippen LogP) is 4.80. The second kappa shape index (κ2) is 9.23. The first-order valence-electron chi connectivity index (χ1n) is 11.3. The van der Waals surface area contributed by atoms with Crippen LogP contribution in [-0.4, -0.2) is 52.1 Å². The van der Waals surface area contributed by atoms with Crippen molar-refractivity contribution in [3.05, 3.63) is 69.2 Å². The number of piperazine rings is 1. The van der Waals surface area contributed by atoms with Crippen LogP contribution in [0, 0.1) is 0 Å². The van der Waals surface area contributed by atoms with Crippen LogP contribution in [0.25, 0.3) is 16.6 Å². The van der Waals surface area contributed by atoms with Crippen LogP contribution in [0.2, 0.25) is 0 Å². The molecule has 1 saturated heterocycles. The minimum atomic E-state index is -0.307. The van der Waals surface area contributed by atoms with Crippen molar-refractivity contribution in [2.75, 3.05) is 32.7 Å². The lowest BCUT2D eigenvalue weighted by atomic mass is 9.87. The molecule has 31 heavy (non-hydrogen) atoms. The van der Waals surface area contributed by atoms with E-state index in [9.17, 15) is 4.79 Å². The Morgan fingerprint density at radius 3 is 2.23 bits per heavy atom. The van der Waals surface area contributed by atoms with Gasteiger partial charge in [-0.1, -0.05) is 45.0 Å². The van der Waals surface area contributed by atoms with E-state index >= 15 is 0 Å². The average molecular weight is 483 g/mol. The highest BCUT2D eigenvalue weighted by molar-refractivity contribution is 9.10. The molecule has 1 aromatic heterocycles. The summed E-state index contributed by atoms with van der Waals surface area (Å²) in [7, 11) is 0. The van der Waals surface area contributed by atoms with E-state index < -0.39 is 0 Å². The van der Waals surface area contributed by atoms with Crippen LogP contribution in [0.5, 0.6) is 0 Å². The number of para-hydroxylation sites is 2. The third-order valence-electron chi connectivity index (χ3n) is 6.88. The molecule has 1 fully saturated rings. The van der Waals surface area contributed by atoms with Crippen LogP contribution >= 0.6 is 15.9 Å². The van der Waals surface area contributed by atoms with Crippen LogP contribution in [0.4, 0.5) is 0 Å². The molecule has 4 rings (SSSR count). The average Bonchev–Trinajstić information content (AvgIpc) is 2.82. The molecule has 0 atom stereocenters. The Hall–Kier alpha value is -2.02. The first-order chi connectivity index (χ1) is 15.1. The minimum absolute atomic E-state index is 0.00836. The van der Waals surface area contributed by atoms with Gasteiger partial charge in [0.1, 0.15) is 5.82 Å². The van der Waals surface area contributed by atoms with Gasteiger partial charge in [-0.05, 0) is 59.6 Å². The van der Waals surface area contributed by atoms with Crippen molar-refractivity contribution in [2.45, 2.75) is 39.2 Å². The summed E-state index contributed by atoms with van der Waals surface area (Å²) in [5, 5.41) is 0.652. The number of likely N-dealkylation sites (N-methyl/N-ethyl adjacent to an activating group) is 1. The predicted molar refractivity (Wildman–Crippen MR) is 131 cm³/mol. The zero-order valence-electron chi connectivity index (χ0n) is 18.6. The maximum atomic E-state index is 13.8. The normalized spacial score (nSPS) is 16.1. The quantitative estimate of drug-likeness (QED) is 0.505. The van der Waals surface area contributed by atoms with E-state index in [1.165, 1.54) is 0 Å². The molecule has 2 aromatic carbocycles. The molecule has 2 heterocycles. The molecule has 0 bridgehead atoms. The first kappa shape index (κ1) is 22.2. The van der Waals surface area contributed by atoms with E-state index in [1.54, 1.807) is 0 Å². The fourth-order valence-corrected chi connectivity index (χ4v) is 5.41. The van der Waals surface area contributed by atoms with Gasteiger partial charge in [-0.15, -0.1) is 0 Å². The number of benzene rings is 2. The molecule has 6 heteroatoms. The molecule has 0 saturated carbocycles. The van der Waals surface area contributed by atoms with Crippen molar-refractivity contribution in [3.63, 3.8) is 0 Å². The molecule has 164 valence electrons. The van der Waals surface area contributed by atoms with Gasteiger partial charge in [0.15, 0.2) is 0 Å². The largest absolute Gasteiger partial charge is 0.301 e. The number of hydrogen-bond donors (Lipinski definition) is 0. The molecule has 0 unspecified atom stereocenters. The second-order valence-corrected chi connectivity index (χ2v) is 9.06. The molecule has 0 radical (unpaired) electrons. The number of halogens is 1. The standard InChI is InChI=1S/C25H31BrN4O/c1-4-25(5-2,29-17-15-28(6-3)16-18-29)24-27-21-13-9-7-11-19(21)23(31)30(24)22-14-10-8-12-20(22)26/h7-14H,4-6,15-18H2,1-3H3. The summed E-state index contributed by atoms with van der Waals surface area (Å²) in [6, 6.07) is 15.6. The van der Waals surface area contributed by atoms with E-state index in [0.29, 0.717) is 5.39 Å². The highest BCUT2D eigenvalue weighted by atomic mass is 79.9. The fraction of sp³-hybridized carbons (Fsp3) is 0.440. The topological polar surface area (TPSA) is 41.4 Å². The van der Waals surface area contributed by atoms with Gasteiger partial charge in [0.25, 0.3) is 5.56 Å². The zero-order valence-corrected chi connectivity index (χ0v) is 20.2. The number of aromatic nitrogens is 2. The monoisotopic (exact) mass is 482 g/mol. The summed E-state index contributed by atoms with van der Waals surface area (Å²) >= 11 is 3.68. The van der Waals surface area contributed by atoms with E-state index in [4.69, 9.17) is 4.98 Å². The summed E-state index contributed by atoms with van der Waals surface area (Å²) in [5.74, 6) is 0.845. The molecule has 0 aliphatic carbocycles. The summed E-state index contributed by atoms with van der Waals surface area (Å²) in [4.78, 5) is 24.1. The lowest BCUT2D eigenvalue weighted by Crippen LogP contribution is -2.56. The van der Waals surface area contributed by atoms with Crippen LogP contribution < -0.4 is 5.56 Å². The summed E-state index contributed by atoms with van der Waals surface area (Å²) in [6.07, 6.45) is 1.79. The number of fused-ring (bicyclic) bond motifs is 1. The highest BCUT2D eigenvalue weighted by Gasteiger charge is 2.41. The first-order valence-corrected chi connectivity index (χ1v) is 12.1. The van der Waals surface area contributed by atoms with Gasteiger partial charge in [0, 0.05) is 30.7 Å². The van der Waals surface area contributed by atoms with Gasteiger partial charge < -0.3 is 4.90 Å². The third kappa shape index (κ3) is 3.86. The number of nitrogens with zero attached hydrogens (tertiary/aromatic N) is 4. The summed E-state index contributed by atoms with van der Waals surface area (Å²) < 4.78 is 2.75. The lowest BCUT2D eigenvalue weighted by molar-refractivity contribution is 0.0173. The van der Waals surface area contributed by atoms with Crippen molar-refractivity contribution in [3.8, 4) is 5.69 Å². The van der Waals surface area contributed by atoms with Crippen molar-refractivity contribution in [1.29, 1.82) is 0 Å². The van der Waals surface area contributed by atoms with Crippen LogP contribution in [-0.2, 0) is 5.54 Å². The van der Waals surface area contributed by atoms with Gasteiger partial charge in [-0.2, -0.15) is 0 Å².